The van der Waals surface area contributed by atoms with E-state index in [-0.39, 0.29) is 10.3 Å². The SMILES string of the molecule is C=[N+]1C=Cc2c([s+][c-]3c(C(F)(F)F)c(-c4ccc(-[c-]5cc6ccccc6[o+]5)cc4)ccc23)[C-]1c1cc(C)cc(C)c1C. The Morgan fingerprint density at radius 2 is 1.69 bits per heavy atom. The second-order valence-electron chi connectivity index (χ2n) is 10.8. The van der Waals surface area contributed by atoms with Crippen molar-refractivity contribution in [2.75, 3.05) is 0 Å². The summed E-state index contributed by atoms with van der Waals surface area (Å²) in [6, 6.07) is 25.2. The predicted octanol–water partition coefficient (Wildman–Crippen LogP) is 10.6. The highest BCUT2D eigenvalue weighted by molar-refractivity contribution is 7.20. The summed E-state index contributed by atoms with van der Waals surface area (Å²) in [5, 5.41) is 1.57. The third-order valence-electron chi connectivity index (χ3n) is 8.08. The van der Waals surface area contributed by atoms with Crippen molar-refractivity contribution in [2.24, 2.45) is 0 Å². The maximum Gasteiger partial charge on any atom is 0.408 e. The Balaban J connectivity index is 1.38. The topological polar surface area (TPSA) is 14.3 Å². The van der Waals surface area contributed by atoms with E-state index in [0.717, 1.165) is 55.3 Å². The van der Waals surface area contributed by atoms with E-state index in [9.17, 15) is 13.2 Å². The zero-order valence-corrected chi connectivity index (χ0v) is 24.1. The molecule has 3 heterocycles. The van der Waals surface area contributed by atoms with Crippen LogP contribution in [0.2, 0.25) is 0 Å². The van der Waals surface area contributed by atoms with Crippen molar-refractivity contribution in [3.8, 4) is 22.5 Å². The molecule has 0 aliphatic carbocycles. The molecule has 0 atom stereocenters. The largest absolute Gasteiger partial charge is 0.408 e. The fraction of sp³-hybridized carbons (Fsp3) is 0.111. The van der Waals surface area contributed by atoms with Gasteiger partial charge >= 0.3 is 6.18 Å². The lowest BCUT2D eigenvalue weighted by Gasteiger charge is -2.22. The first-order valence-electron chi connectivity index (χ1n) is 13.6. The molecule has 0 bridgehead atoms. The molecule has 42 heavy (non-hydrogen) atoms. The summed E-state index contributed by atoms with van der Waals surface area (Å²) < 4.78 is 52.7. The average molecular weight is 578 g/mol. The van der Waals surface area contributed by atoms with Crippen LogP contribution in [0.1, 0.15) is 38.3 Å². The maximum atomic E-state index is 14.9. The minimum absolute atomic E-state index is 0.157. The minimum atomic E-state index is -4.55. The molecule has 0 unspecified atom stereocenters. The number of hydrogen-bond acceptors (Lipinski definition) is 0. The fourth-order valence-corrected chi connectivity index (χ4v) is 7.35. The van der Waals surface area contributed by atoms with Gasteiger partial charge in [-0.1, -0.05) is 77.2 Å². The number of aryl methyl sites for hydroxylation is 2. The van der Waals surface area contributed by atoms with Crippen molar-refractivity contribution in [1.29, 1.82) is 0 Å². The first-order valence-corrected chi connectivity index (χ1v) is 14.4. The summed E-state index contributed by atoms with van der Waals surface area (Å²) in [6.45, 7) is 10.3. The van der Waals surface area contributed by atoms with Crippen LogP contribution >= 0.6 is 11.3 Å². The Morgan fingerprint density at radius 1 is 0.929 bits per heavy atom. The summed E-state index contributed by atoms with van der Waals surface area (Å²) in [5.74, 6) is 0.675. The van der Waals surface area contributed by atoms with E-state index in [4.69, 9.17) is 4.42 Å². The number of alkyl halides is 3. The average Bonchev–Trinajstić information content (AvgIpc) is 3.56. The number of nitrogens with zero attached hydrogens (tertiary/aromatic N) is 1. The summed E-state index contributed by atoms with van der Waals surface area (Å²) in [7, 11) is 0. The zero-order chi connectivity index (χ0) is 29.3. The van der Waals surface area contributed by atoms with Crippen LogP contribution in [-0.4, -0.2) is 11.3 Å². The molecule has 0 amide bonds. The molecule has 0 radical (unpaired) electrons. The second kappa shape index (κ2) is 9.50. The summed E-state index contributed by atoms with van der Waals surface area (Å²) in [5.41, 5.74) is 6.70. The third-order valence-corrected chi connectivity index (χ3v) is 9.32. The van der Waals surface area contributed by atoms with Crippen LogP contribution in [0.15, 0.2) is 89.5 Å². The van der Waals surface area contributed by atoms with E-state index in [1.165, 1.54) is 11.3 Å². The molecule has 6 aromatic rings. The van der Waals surface area contributed by atoms with E-state index >= 15 is 0 Å². The van der Waals surface area contributed by atoms with Gasteiger partial charge in [0.2, 0.25) is 0 Å². The first kappa shape index (κ1) is 26.4. The van der Waals surface area contributed by atoms with E-state index in [1.807, 2.05) is 74.7 Å². The Labute approximate surface area is 245 Å². The van der Waals surface area contributed by atoms with E-state index in [2.05, 4.69) is 25.8 Å². The van der Waals surface area contributed by atoms with Crippen LogP contribution < -0.4 is 0 Å². The summed E-state index contributed by atoms with van der Waals surface area (Å²) in [6.07, 6.45) is -0.854. The molecule has 1 aliphatic rings. The highest BCUT2D eigenvalue weighted by atomic mass is 32.1. The molecule has 208 valence electrons. The number of furan rings is 1. The van der Waals surface area contributed by atoms with Gasteiger partial charge in [-0.05, 0) is 53.5 Å². The molecular formula is C36H26F3NOS. The smallest absolute Gasteiger partial charge is 0.286 e. The van der Waals surface area contributed by atoms with Crippen LogP contribution in [0, 0.1) is 26.8 Å². The van der Waals surface area contributed by atoms with Crippen LogP contribution in [-0.2, 0) is 6.18 Å². The molecule has 7 rings (SSSR count). The number of rotatable bonds is 3. The van der Waals surface area contributed by atoms with Crippen molar-refractivity contribution >= 4 is 45.2 Å². The molecule has 1 aliphatic heterocycles. The van der Waals surface area contributed by atoms with Crippen molar-refractivity contribution in [2.45, 2.75) is 26.9 Å². The predicted molar refractivity (Wildman–Crippen MR) is 166 cm³/mol. The van der Waals surface area contributed by atoms with Crippen molar-refractivity contribution in [3.05, 3.63) is 129 Å². The number of thiophene rings is 1. The van der Waals surface area contributed by atoms with Crippen LogP contribution in [0.25, 0.3) is 49.6 Å². The molecule has 0 fully saturated rings. The van der Waals surface area contributed by atoms with Gasteiger partial charge in [0, 0.05) is 6.07 Å². The van der Waals surface area contributed by atoms with Crippen LogP contribution in [0.5, 0.6) is 0 Å². The molecule has 0 spiro atoms. The Bertz CT molecular complexity index is 2040. The first-order chi connectivity index (χ1) is 20.1. The van der Waals surface area contributed by atoms with Gasteiger partial charge in [-0.15, -0.1) is 24.3 Å². The molecule has 0 saturated carbocycles. The van der Waals surface area contributed by atoms with Gasteiger partial charge in [-0.3, -0.25) is 8.99 Å². The molecule has 2 aromatic heterocycles. The van der Waals surface area contributed by atoms with Gasteiger partial charge in [-0.2, -0.15) is 13.2 Å². The summed E-state index contributed by atoms with van der Waals surface area (Å²) >= 11 is 1.19. The molecule has 2 nitrogen and oxygen atoms in total. The highest BCUT2D eigenvalue weighted by Gasteiger charge is 2.40. The lowest BCUT2D eigenvalue weighted by Crippen LogP contribution is -2.18. The maximum absolute atomic E-state index is 14.9. The fourth-order valence-electron chi connectivity index (χ4n) is 5.91. The van der Waals surface area contributed by atoms with Crippen LogP contribution in [0.4, 0.5) is 13.2 Å². The third kappa shape index (κ3) is 4.17. The highest BCUT2D eigenvalue weighted by Crippen LogP contribution is 2.50. The van der Waals surface area contributed by atoms with E-state index in [0.29, 0.717) is 16.7 Å². The van der Waals surface area contributed by atoms with Gasteiger partial charge in [0.25, 0.3) is 11.3 Å². The number of hydrogen-bond donors (Lipinski definition) is 0. The van der Waals surface area contributed by atoms with Crippen molar-refractivity contribution < 1.29 is 22.2 Å². The zero-order valence-electron chi connectivity index (χ0n) is 23.3. The second-order valence-corrected chi connectivity index (χ2v) is 11.8. The van der Waals surface area contributed by atoms with Gasteiger partial charge in [-0.25, -0.2) is 0 Å². The lowest BCUT2D eigenvalue weighted by molar-refractivity contribution is -0.417. The van der Waals surface area contributed by atoms with Crippen LogP contribution in [0.3, 0.4) is 0 Å². The molecule has 4 aromatic carbocycles. The Morgan fingerprint density at radius 3 is 2.43 bits per heavy atom. The number of fused-ring (bicyclic) bond motifs is 4. The number of para-hydroxylation sites is 1. The van der Waals surface area contributed by atoms with Crippen molar-refractivity contribution in [1.82, 2.24) is 0 Å². The number of benzene rings is 4. The monoisotopic (exact) mass is 577 g/mol. The van der Waals surface area contributed by atoms with Gasteiger partial charge < -0.3 is 0 Å². The summed E-state index contributed by atoms with van der Waals surface area (Å²) in [4.78, 5) is 0.790. The molecule has 0 saturated heterocycles. The van der Waals surface area contributed by atoms with Gasteiger partial charge in [0.15, 0.2) is 15.6 Å². The standard InChI is InChI=1S/C36H26F3NOS/c1-20-17-21(2)22(3)29(18-20)33-35-28(15-16-40(33)4)27-14-13-26(32(34(27)42-35)36(37,38)39)23-9-11-24(12-10-23)31-19-25-7-5-6-8-30(25)41-31/h5-19H,4H2,1-3H3. The Kier molecular flexibility index (Phi) is 5.96. The van der Waals surface area contributed by atoms with Crippen molar-refractivity contribution in [3.63, 3.8) is 0 Å². The van der Waals surface area contributed by atoms with E-state index in [1.54, 1.807) is 22.8 Å². The lowest BCUT2D eigenvalue weighted by atomic mass is 9.90. The number of halogens is 3. The molecular weight excluding hydrogens is 551 g/mol. The van der Waals surface area contributed by atoms with E-state index < -0.39 is 11.7 Å². The van der Waals surface area contributed by atoms with Gasteiger partial charge in [0.05, 0.1) is 12.3 Å². The normalized spacial score (nSPS) is 13.4. The molecule has 0 N–H and O–H groups in total. The molecule has 6 heteroatoms. The quantitative estimate of drug-likeness (QED) is 0.116. The Hall–Kier alpha value is -4.55. The minimum Gasteiger partial charge on any atom is -0.286 e. The van der Waals surface area contributed by atoms with Gasteiger partial charge in [0.1, 0.15) is 17.5 Å².